The van der Waals surface area contributed by atoms with Gasteiger partial charge in [-0.25, -0.2) is 0 Å². The summed E-state index contributed by atoms with van der Waals surface area (Å²) in [5, 5.41) is 0. The molecule has 84 valence electrons. The lowest BCUT2D eigenvalue weighted by Gasteiger charge is -2.19. The predicted molar refractivity (Wildman–Crippen MR) is 74.9 cm³/mol. The number of thiophene rings is 1. The lowest BCUT2D eigenvalue weighted by Crippen LogP contribution is -2.18. The van der Waals surface area contributed by atoms with Gasteiger partial charge in [0.15, 0.2) is 0 Å². The van der Waals surface area contributed by atoms with Gasteiger partial charge in [-0.1, -0.05) is 22.9 Å². The van der Waals surface area contributed by atoms with Crippen LogP contribution in [-0.4, -0.2) is 12.7 Å². The monoisotopic (exact) mass is 416 g/mol. The van der Waals surface area contributed by atoms with E-state index >= 15 is 0 Å². The molecule has 0 bridgehead atoms. The van der Waals surface area contributed by atoms with E-state index in [-0.39, 0.29) is 0 Å². The minimum atomic E-state index is 0.308. The molecule has 1 nitrogen and oxygen atoms in total. The highest BCUT2D eigenvalue weighted by molar-refractivity contribution is 9.13. The first-order chi connectivity index (χ1) is 7.09. The van der Waals surface area contributed by atoms with Crippen LogP contribution in [0.4, 0.5) is 0 Å². The smallest absolute Gasteiger partial charge is 0.0843 e. The number of hydrogen-bond acceptors (Lipinski definition) is 2. The third-order valence-corrected chi connectivity index (χ3v) is 7.33. The minimum absolute atomic E-state index is 0.308. The second-order valence-corrected chi connectivity index (χ2v) is 8.02. The molecule has 1 aromatic heterocycles. The second-order valence-electron chi connectivity index (χ2n) is 3.77. The van der Waals surface area contributed by atoms with Gasteiger partial charge in [0.1, 0.15) is 0 Å². The summed E-state index contributed by atoms with van der Waals surface area (Å²) in [6.07, 6.45) is 1.47. The van der Waals surface area contributed by atoms with E-state index in [0.29, 0.717) is 16.8 Å². The minimum Gasteiger partial charge on any atom is -0.376 e. The second kappa shape index (κ2) is 5.17. The molecule has 1 fully saturated rings. The summed E-state index contributed by atoms with van der Waals surface area (Å²) >= 11 is 12.5. The highest BCUT2D eigenvalue weighted by Crippen LogP contribution is 2.43. The van der Waals surface area contributed by atoms with E-state index in [0.717, 1.165) is 14.9 Å². The lowest BCUT2D eigenvalue weighted by atomic mass is 10.0. The van der Waals surface area contributed by atoms with Crippen LogP contribution in [-0.2, 0) is 4.74 Å². The van der Waals surface area contributed by atoms with Crippen LogP contribution in [0.2, 0.25) is 0 Å². The fraction of sp³-hybridized carbons (Fsp3) is 0.600. The summed E-state index contributed by atoms with van der Waals surface area (Å²) in [6.45, 7) is 3.14. The van der Waals surface area contributed by atoms with Gasteiger partial charge < -0.3 is 4.74 Å². The zero-order valence-electron chi connectivity index (χ0n) is 8.17. The Balaban J connectivity index is 2.16. The van der Waals surface area contributed by atoms with Crippen molar-refractivity contribution in [2.24, 2.45) is 5.92 Å². The molecule has 1 aromatic rings. The highest BCUT2D eigenvalue weighted by atomic mass is 79.9. The van der Waals surface area contributed by atoms with Crippen LogP contribution in [0.1, 0.15) is 23.0 Å². The number of halogens is 3. The average molecular weight is 419 g/mol. The van der Waals surface area contributed by atoms with E-state index in [1.54, 1.807) is 11.3 Å². The molecule has 0 amide bonds. The molecule has 1 saturated heterocycles. The molecule has 0 aromatic carbocycles. The lowest BCUT2D eigenvalue weighted by molar-refractivity contribution is 0.0941. The standard InChI is InChI=1S/C10H11Br3OS/c1-5-2-3-14-9(5)8(12)7-4-6(11)10(13)15-7/h4-5,8-9H,2-3H2,1H3. The molecule has 0 aliphatic carbocycles. The molecule has 15 heavy (non-hydrogen) atoms. The molecule has 1 aliphatic rings. The average Bonchev–Trinajstić information content (AvgIpc) is 2.74. The van der Waals surface area contributed by atoms with E-state index in [1.165, 1.54) is 11.3 Å². The molecule has 2 rings (SSSR count). The predicted octanol–water partition coefficient (Wildman–Crippen LogP) is 5.13. The number of rotatable bonds is 2. The SMILES string of the molecule is CC1CCOC1C(Br)c1cc(Br)c(Br)s1. The first-order valence-electron chi connectivity index (χ1n) is 4.80. The largest absolute Gasteiger partial charge is 0.376 e. The fourth-order valence-electron chi connectivity index (χ4n) is 1.75. The van der Waals surface area contributed by atoms with Crippen LogP contribution in [0.3, 0.4) is 0 Å². The van der Waals surface area contributed by atoms with E-state index in [1.807, 2.05) is 0 Å². The van der Waals surface area contributed by atoms with Crippen molar-refractivity contribution in [3.8, 4) is 0 Å². The van der Waals surface area contributed by atoms with Gasteiger partial charge in [0.2, 0.25) is 0 Å². The fourth-order valence-corrected chi connectivity index (χ4v) is 4.94. The van der Waals surface area contributed by atoms with Crippen molar-refractivity contribution in [3.05, 3.63) is 19.2 Å². The van der Waals surface area contributed by atoms with Gasteiger partial charge in [-0.15, -0.1) is 11.3 Å². The summed E-state index contributed by atoms with van der Waals surface area (Å²) in [4.78, 5) is 1.62. The summed E-state index contributed by atoms with van der Waals surface area (Å²) in [6, 6.07) is 2.16. The Morgan fingerprint density at radius 2 is 2.27 bits per heavy atom. The van der Waals surface area contributed by atoms with E-state index in [9.17, 15) is 0 Å². The van der Waals surface area contributed by atoms with Crippen molar-refractivity contribution in [3.63, 3.8) is 0 Å². The molecule has 0 saturated carbocycles. The van der Waals surface area contributed by atoms with Gasteiger partial charge in [-0.05, 0) is 50.3 Å². The molecule has 3 unspecified atom stereocenters. The number of ether oxygens (including phenoxy) is 1. The summed E-state index contributed by atoms with van der Waals surface area (Å²) < 4.78 is 8.03. The van der Waals surface area contributed by atoms with Crippen LogP contribution < -0.4 is 0 Å². The first kappa shape index (κ1) is 12.6. The van der Waals surface area contributed by atoms with Crippen molar-refractivity contribution in [2.75, 3.05) is 6.61 Å². The zero-order valence-corrected chi connectivity index (χ0v) is 13.7. The van der Waals surface area contributed by atoms with Crippen molar-refractivity contribution < 1.29 is 4.74 Å². The Bertz CT molecular complexity index is 333. The van der Waals surface area contributed by atoms with Crippen molar-refractivity contribution in [1.82, 2.24) is 0 Å². The molecular weight excluding hydrogens is 408 g/mol. The van der Waals surface area contributed by atoms with Crippen LogP contribution >= 0.6 is 59.1 Å². The third-order valence-electron chi connectivity index (χ3n) is 2.67. The Kier molecular flexibility index (Phi) is 4.33. The maximum atomic E-state index is 5.76. The molecule has 0 radical (unpaired) electrons. The topological polar surface area (TPSA) is 9.23 Å². The highest BCUT2D eigenvalue weighted by Gasteiger charge is 2.32. The number of hydrogen-bond donors (Lipinski definition) is 0. The Morgan fingerprint density at radius 3 is 2.73 bits per heavy atom. The van der Waals surface area contributed by atoms with Gasteiger partial charge in [-0.3, -0.25) is 0 Å². The Labute approximate surface area is 119 Å². The van der Waals surface area contributed by atoms with Crippen LogP contribution in [0.25, 0.3) is 0 Å². The summed E-state index contributed by atoms with van der Waals surface area (Å²) in [7, 11) is 0. The molecule has 3 atom stereocenters. The normalized spacial score (nSPS) is 28.3. The maximum Gasteiger partial charge on any atom is 0.0843 e. The molecule has 0 N–H and O–H groups in total. The van der Waals surface area contributed by atoms with Gasteiger partial charge in [0, 0.05) is 16.0 Å². The Hall–Kier alpha value is 1.10. The van der Waals surface area contributed by atoms with Gasteiger partial charge >= 0.3 is 0 Å². The molecule has 2 heterocycles. The maximum absolute atomic E-state index is 5.76. The molecular formula is C10H11Br3OS. The zero-order chi connectivity index (χ0) is 11.0. The first-order valence-corrected chi connectivity index (χ1v) is 8.12. The molecule has 0 spiro atoms. The third kappa shape index (κ3) is 2.68. The Morgan fingerprint density at radius 1 is 1.53 bits per heavy atom. The quantitative estimate of drug-likeness (QED) is 0.604. The van der Waals surface area contributed by atoms with Crippen molar-refractivity contribution >= 4 is 59.1 Å². The van der Waals surface area contributed by atoms with Crippen LogP contribution in [0, 0.1) is 5.92 Å². The van der Waals surface area contributed by atoms with E-state index in [4.69, 9.17) is 4.74 Å². The summed E-state index contributed by atoms with van der Waals surface area (Å²) in [5.41, 5.74) is 0. The summed E-state index contributed by atoms with van der Waals surface area (Å²) in [5.74, 6) is 0.633. The van der Waals surface area contributed by atoms with Gasteiger partial charge in [0.05, 0.1) is 14.7 Å². The number of alkyl halides is 1. The van der Waals surface area contributed by atoms with Crippen molar-refractivity contribution in [1.29, 1.82) is 0 Å². The van der Waals surface area contributed by atoms with Crippen molar-refractivity contribution in [2.45, 2.75) is 24.3 Å². The van der Waals surface area contributed by atoms with Crippen LogP contribution in [0.15, 0.2) is 14.3 Å². The van der Waals surface area contributed by atoms with Gasteiger partial charge in [0.25, 0.3) is 0 Å². The van der Waals surface area contributed by atoms with Crippen LogP contribution in [0.5, 0.6) is 0 Å². The van der Waals surface area contributed by atoms with E-state index in [2.05, 4.69) is 60.8 Å². The van der Waals surface area contributed by atoms with E-state index < -0.39 is 0 Å². The molecule has 1 aliphatic heterocycles. The van der Waals surface area contributed by atoms with Gasteiger partial charge in [-0.2, -0.15) is 0 Å². The molecule has 5 heteroatoms.